The highest BCUT2D eigenvalue weighted by molar-refractivity contribution is 5.86. The number of hydrogen-bond acceptors (Lipinski definition) is 3. The lowest BCUT2D eigenvalue weighted by Gasteiger charge is -2.30. The van der Waals surface area contributed by atoms with Crippen molar-refractivity contribution < 1.29 is 9.18 Å². The molecular formula is C14H20FN3O. The monoisotopic (exact) mass is 265 g/mol. The van der Waals surface area contributed by atoms with E-state index >= 15 is 0 Å². The number of benzene rings is 1. The van der Waals surface area contributed by atoms with E-state index in [1.54, 1.807) is 18.2 Å². The molecule has 2 atom stereocenters. The molecule has 1 amide bonds. The molecule has 1 aliphatic heterocycles. The van der Waals surface area contributed by atoms with Gasteiger partial charge in [-0.25, -0.2) is 4.39 Å². The quantitative estimate of drug-likeness (QED) is 0.865. The molecule has 19 heavy (non-hydrogen) atoms. The Morgan fingerprint density at radius 3 is 2.89 bits per heavy atom. The third-order valence-electron chi connectivity index (χ3n) is 3.47. The summed E-state index contributed by atoms with van der Waals surface area (Å²) in [6, 6.07) is 6.27. The van der Waals surface area contributed by atoms with Gasteiger partial charge in [0.15, 0.2) is 0 Å². The molecule has 1 aromatic carbocycles. The van der Waals surface area contributed by atoms with Gasteiger partial charge >= 0.3 is 0 Å². The average molecular weight is 265 g/mol. The molecule has 0 aromatic heterocycles. The fourth-order valence-electron chi connectivity index (χ4n) is 2.46. The SMILES string of the molecule is CC1CCN(c2ccccc2F)C(CCN)C(=O)N1. The topological polar surface area (TPSA) is 58.4 Å². The van der Waals surface area contributed by atoms with Crippen LogP contribution in [0.4, 0.5) is 10.1 Å². The maximum Gasteiger partial charge on any atom is 0.242 e. The van der Waals surface area contributed by atoms with Crippen LogP contribution in [0, 0.1) is 5.82 Å². The van der Waals surface area contributed by atoms with Crippen LogP contribution >= 0.6 is 0 Å². The molecule has 0 saturated carbocycles. The first-order valence-electron chi connectivity index (χ1n) is 6.65. The number of hydrogen-bond donors (Lipinski definition) is 2. The Morgan fingerprint density at radius 2 is 2.21 bits per heavy atom. The number of carbonyl (C=O) groups is 1. The molecule has 2 rings (SSSR count). The van der Waals surface area contributed by atoms with E-state index in [0.29, 0.717) is 25.2 Å². The van der Waals surface area contributed by atoms with Gasteiger partial charge in [-0.15, -0.1) is 0 Å². The van der Waals surface area contributed by atoms with Gasteiger partial charge in [-0.2, -0.15) is 0 Å². The van der Waals surface area contributed by atoms with Gasteiger partial charge in [0.1, 0.15) is 11.9 Å². The first-order valence-corrected chi connectivity index (χ1v) is 6.65. The van der Waals surface area contributed by atoms with E-state index < -0.39 is 6.04 Å². The maximum atomic E-state index is 13.9. The first-order chi connectivity index (χ1) is 9.13. The molecular weight excluding hydrogens is 245 g/mol. The van der Waals surface area contributed by atoms with Crippen LogP contribution in [0.15, 0.2) is 24.3 Å². The number of nitrogens with two attached hydrogens (primary N) is 1. The zero-order valence-electron chi connectivity index (χ0n) is 11.1. The third-order valence-corrected chi connectivity index (χ3v) is 3.47. The first kappa shape index (κ1) is 13.8. The van der Waals surface area contributed by atoms with Crippen molar-refractivity contribution in [2.45, 2.75) is 31.8 Å². The molecule has 4 nitrogen and oxygen atoms in total. The van der Waals surface area contributed by atoms with E-state index in [9.17, 15) is 9.18 Å². The number of nitrogens with zero attached hydrogens (tertiary/aromatic N) is 1. The Morgan fingerprint density at radius 1 is 1.47 bits per heavy atom. The molecule has 1 heterocycles. The summed E-state index contributed by atoms with van der Waals surface area (Å²) < 4.78 is 13.9. The highest BCUT2D eigenvalue weighted by atomic mass is 19.1. The van der Waals surface area contributed by atoms with Crippen LogP contribution < -0.4 is 16.0 Å². The number of rotatable bonds is 3. The molecule has 0 spiro atoms. The van der Waals surface area contributed by atoms with Gasteiger partial charge in [0, 0.05) is 12.6 Å². The summed E-state index contributed by atoms with van der Waals surface area (Å²) in [5.74, 6) is -0.370. The Balaban J connectivity index is 2.33. The van der Waals surface area contributed by atoms with Crippen LogP contribution in [0.3, 0.4) is 0 Å². The van der Waals surface area contributed by atoms with Crippen molar-refractivity contribution in [2.24, 2.45) is 5.73 Å². The molecule has 1 aliphatic rings. The highest BCUT2D eigenvalue weighted by Crippen LogP contribution is 2.24. The second-order valence-corrected chi connectivity index (χ2v) is 4.94. The predicted molar refractivity (Wildman–Crippen MR) is 73.4 cm³/mol. The molecule has 0 radical (unpaired) electrons. The maximum absolute atomic E-state index is 13.9. The average Bonchev–Trinajstić information content (AvgIpc) is 2.51. The van der Waals surface area contributed by atoms with Crippen molar-refractivity contribution in [1.82, 2.24) is 5.32 Å². The van der Waals surface area contributed by atoms with Gasteiger partial charge in [0.25, 0.3) is 0 Å². The number of nitrogens with one attached hydrogen (secondary N) is 1. The van der Waals surface area contributed by atoms with Crippen molar-refractivity contribution in [3.05, 3.63) is 30.1 Å². The number of carbonyl (C=O) groups excluding carboxylic acids is 1. The summed E-state index contributed by atoms with van der Waals surface area (Å²) in [6.45, 7) is 3.01. The summed E-state index contributed by atoms with van der Waals surface area (Å²) in [5, 5.41) is 2.94. The summed E-state index contributed by atoms with van der Waals surface area (Å²) >= 11 is 0. The van der Waals surface area contributed by atoms with Crippen molar-refractivity contribution >= 4 is 11.6 Å². The third kappa shape index (κ3) is 3.04. The second kappa shape index (κ2) is 6.02. The molecule has 1 saturated heterocycles. The molecule has 1 aromatic rings. The summed E-state index contributed by atoms with van der Waals surface area (Å²) in [5.41, 5.74) is 6.06. The molecule has 2 unspecified atom stereocenters. The predicted octanol–water partition coefficient (Wildman–Crippen LogP) is 1.26. The van der Waals surface area contributed by atoms with Gasteiger partial charge < -0.3 is 16.0 Å². The van der Waals surface area contributed by atoms with Crippen LogP contribution in [-0.4, -0.2) is 31.1 Å². The molecule has 1 fully saturated rings. The van der Waals surface area contributed by atoms with Crippen molar-refractivity contribution in [2.75, 3.05) is 18.0 Å². The normalized spacial score (nSPS) is 23.9. The van der Waals surface area contributed by atoms with E-state index in [0.717, 1.165) is 6.42 Å². The van der Waals surface area contributed by atoms with E-state index in [-0.39, 0.29) is 17.8 Å². The smallest absolute Gasteiger partial charge is 0.242 e. The van der Waals surface area contributed by atoms with Gasteiger partial charge in [0.05, 0.1) is 5.69 Å². The zero-order chi connectivity index (χ0) is 13.8. The summed E-state index contributed by atoms with van der Waals surface area (Å²) in [4.78, 5) is 14.0. The van der Waals surface area contributed by atoms with Crippen LogP contribution in [0.1, 0.15) is 19.8 Å². The number of halogens is 1. The highest BCUT2D eigenvalue weighted by Gasteiger charge is 2.30. The Bertz CT molecular complexity index is 452. The molecule has 0 aliphatic carbocycles. The molecule has 104 valence electrons. The van der Waals surface area contributed by atoms with Crippen molar-refractivity contribution in [1.29, 1.82) is 0 Å². The molecule has 3 N–H and O–H groups in total. The Labute approximate surface area is 112 Å². The zero-order valence-corrected chi connectivity index (χ0v) is 11.1. The molecule has 5 heteroatoms. The van der Waals surface area contributed by atoms with Gasteiger partial charge in [-0.1, -0.05) is 12.1 Å². The minimum absolute atomic E-state index is 0.0706. The van der Waals surface area contributed by atoms with E-state index in [1.165, 1.54) is 6.07 Å². The van der Waals surface area contributed by atoms with E-state index in [1.807, 2.05) is 11.8 Å². The van der Waals surface area contributed by atoms with Gasteiger partial charge in [-0.05, 0) is 38.4 Å². The van der Waals surface area contributed by atoms with Crippen LogP contribution in [0.2, 0.25) is 0 Å². The van der Waals surface area contributed by atoms with Crippen molar-refractivity contribution in [3.8, 4) is 0 Å². The van der Waals surface area contributed by atoms with Crippen LogP contribution in [0.5, 0.6) is 0 Å². The lowest BCUT2D eigenvalue weighted by Crippen LogP contribution is -2.46. The fourth-order valence-corrected chi connectivity index (χ4v) is 2.46. The summed E-state index contributed by atoms with van der Waals surface area (Å²) in [7, 11) is 0. The van der Waals surface area contributed by atoms with Crippen LogP contribution in [-0.2, 0) is 4.79 Å². The number of para-hydroxylation sites is 1. The number of anilines is 1. The van der Waals surface area contributed by atoms with Crippen molar-refractivity contribution in [3.63, 3.8) is 0 Å². The summed E-state index contributed by atoms with van der Waals surface area (Å²) in [6.07, 6.45) is 1.31. The van der Waals surface area contributed by atoms with E-state index in [4.69, 9.17) is 5.73 Å². The van der Waals surface area contributed by atoms with Crippen LogP contribution in [0.25, 0.3) is 0 Å². The lowest BCUT2D eigenvalue weighted by atomic mass is 10.1. The van der Waals surface area contributed by atoms with E-state index in [2.05, 4.69) is 5.32 Å². The Hall–Kier alpha value is -1.62. The fraction of sp³-hybridized carbons (Fsp3) is 0.500. The minimum atomic E-state index is -0.396. The lowest BCUT2D eigenvalue weighted by molar-refractivity contribution is -0.122. The number of amides is 1. The minimum Gasteiger partial charge on any atom is -0.357 e. The largest absolute Gasteiger partial charge is 0.357 e. The molecule has 0 bridgehead atoms. The second-order valence-electron chi connectivity index (χ2n) is 4.94. The Kier molecular flexibility index (Phi) is 4.37. The van der Waals surface area contributed by atoms with Gasteiger partial charge in [-0.3, -0.25) is 4.79 Å². The standard InChI is InChI=1S/C14H20FN3O/c1-10-7-9-18(12-5-3-2-4-11(12)15)13(6-8-16)14(19)17-10/h2-5,10,13H,6-9,16H2,1H3,(H,17,19). The van der Waals surface area contributed by atoms with Gasteiger partial charge in [0.2, 0.25) is 5.91 Å².